The van der Waals surface area contributed by atoms with Crippen LogP contribution >= 0.6 is 0 Å². The number of rotatable bonds is 8. The number of anilines is 1. The van der Waals surface area contributed by atoms with Crippen LogP contribution in [0.1, 0.15) is 28.8 Å². The van der Waals surface area contributed by atoms with E-state index in [2.05, 4.69) is 15.4 Å². The summed E-state index contributed by atoms with van der Waals surface area (Å²) in [7, 11) is 1.33. The quantitative estimate of drug-likeness (QED) is 0.658. The minimum atomic E-state index is -2.96. The summed E-state index contributed by atoms with van der Waals surface area (Å²) in [6.07, 6.45) is 4.70. The molecule has 152 valence electrons. The average molecular weight is 402 g/mol. The number of para-hydroxylation sites is 1. The van der Waals surface area contributed by atoms with Crippen LogP contribution in [-0.4, -0.2) is 31.6 Å². The fourth-order valence-electron chi connectivity index (χ4n) is 2.61. The summed E-state index contributed by atoms with van der Waals surface area (Å²) < 4.78 is 34.2. The summed E-state index contributed by atoms with van der Waals surface area (Å²) in [5.74, 6) is -0.648. The Morgan fingerprint density at radius 1 is 1.14 bits per heavy atom. The van der Waals surface area contributed by atoms with Crippen molar-refractivity contribution in [1.82, 2.24) is 5.32 Å². The van der Waals surface area contributed by atoms with Crippen LogP contribution < -0.4 is 20.1 Å². The van der Waals surface area contributed by atoms with Crippen molar-refractivity contribution in [2.75, 3.05) is 12.4 Å². The Morgan fingerprint density at radius 3 is 2.59 bits per heavy atom. The number of ether oxygens (including phenoxy) is 2. The Kier molecular flexibility index (Phi) is 6.43. The zero-order valence-electron chi connectivity index (χ0n) is 15.7. The first-order chi connectivity index (χ1) is 14.0. The number of methoxy groups -OCH3 is 1. The Hall–Kier alpha value is -3.42. The van der Waals surface area contributed by atoms with Gasteiger partial charge in [-0.3, -0.25) is 9.59 Å². The molecule has 3 rings (SSSR count). The van der Waals surface area contributed by atoms with Crippen LogP contribution in [-0.2, 0) is 4.79 Å². The minimum absolute atomic E-state index is 0.0975. The van der Waals surface area contributed by atoms with Gasteiger partial charge in [0.25, 0.3) is 5.91 Å². The lowest BCUT2D eigenvalue weighted by Crippen LogP contribution is -2.26. The van der Waals surface area contributed by atoms with Crippen molar-refractivity contribution in [3.05, 3.63) is 59.7 Å². The van der Waals surface area contributed by atoms with Gasteiger partial charge in [-0.1, -0.05) is 18.2 Å². The summed E-state index contributed by atoms with van der Waals surface area (Å²) in [5, 5.41) is 5.57. The van der Waals surface area contributed by atoms with E-state index in [0.29, 0.717) is 16.8 Å². The highest BCUT2D eigenvalue weighted by Gasteiger charge is 2.24. The molecular formula is C21H20F2N2O4. The second kappa shape index (κ2) is 9.18. The predicted molar refractivity (Wildman–Crippen MR) is 104 cm³/mol. The van der Waals surface area contributed by atoms with E-state index in [-0.39, 0.29) is 23.4 Å². The van der Waals surface area contributed by atoms with Gasteiger partial charge >= 0.3 is 6.61 Å². The number of amides is 2. The van der Waals surface area contributed by atoms with Crippen LogP contribution in [0.5, 0.6) is 11.5 Å². The SMILES string of the molecule is COc1cc(/C=C/C(=O)Nc2ccccc2C(=O)NC2CC2)ccc1OC(F)F. The van der Waals surface area contributed by atoms with Gasteiger partial charge in [0.1, 0.15) is 0 Å². The molecule has 0 spiro atoms. The molecule has 0 unspecified atom stereocenters. The van der Waals surface area contributed by atoms with Crippen LogP contribution in [0.25, 0.3) is 6.08 Å². The van der Waals surface area contributed by atoms with Crippen molar-refractivity contribution in [2.24, 2.45) is 0 Å². The van der Waals surface area contributed by atoms with E-state index in [0.717, 1.165) is 12.8 Å². The summed E-state index contributed by atoms with van der Waals surface area (Å²) in [5.41, 5.74) is 1.34. The summed E-state index contributed by atoms with van der Waals surface area (Å²) in [6.45, 7) is -2.96. The van der Waals surface area contributed by atoms with Crippen LogP contribution in [0, 0.1) is 0 Å². The second-order valence-electron chi connectivity index (χ2n) is 6.40. The van der Waals surface area contributed by atoms with E-state index in [1.54, 1.807) is 24.3 Å². The maximum absolute atomic E-state index is 12.4. The van der Waals surface area contributed by atoms with E-state index >= 15 is 0 Å². The Morgan fingerprint density at radius 2 is 1.90 bits per heavy atom. The highest BCUT2D eigenvalue weighted by atomic mass is 19.3. The van der Waals surface area contributed by atoms with Gasteiger partial charge in [0, 0.05) is 12.1 Å². The fourth-order valence-corrected chi connectivity index (χ4v) is 2.61. The number of halogens is 2. The highest BCUT2D eigenvalue weighted by molar-refractivity contribution is 6.07. The molecule has 0 radical (unpaired) electrons. The van der Waals surface area contributed by atoms with Gasteiger partial charge in [-0.15, -0.1) is 0 Å². The van der Waals surface area contributed by atoms with Crippen LogP contribution in [0.3, 0.4) is 0 Å². The maximum atomic E-state index is 12.4. The third kappa shape index (κ3) is 5.78. The lowest BCUT2D eigenvalue weighted by atomic mass is 10.1. The molecule has 2 aromatic carbocycles. The van der Waals surface area contributed by atoms with Gasteiger partial charge in [-0.05, 0) is 48.7 Å². The average Bonchev–Trinajstić information content (AvgIpc) is 3.51. The van der Waals surface area contributed by atoms with E-state index in [9.17, 15) is 18.4 Å². The minimum Gasteiger partial charge on any atom is -0.493 e. The van der Waals surface area contributed by atoms with E-state index in [1.165, 1.54) is 37.5 Å². The first-order valence-corrected chi connectivity index (χ1v) is 8.98. The van der Waals surface area contributed by atoms with Crippen molar-refractivity contribution in [3.63, 3.8) is 0 Å². The molecule has 2 amide bonds. The fraction of sp³-hybridized carbons (Fsp3) is 0.238. The summed E-state index contributed by atoms with van der Waals surface area (Å²) >= 11 is 0. The summed E-state index contributed by atoms with van der Waals surface area (Å²) in [4.78, 5) is 24.6. The molecule has 8 heteroatoms. The molecule has 0 atom stereocenters. The van der Waals surface area contributed by atoms with Gasteiger partial charge in [0.15, 0.2) is 11.5 Å². The number of alkyl halides is 2. The lowest BCUT2D eigenvalue weighted by Gasteiger charge is -2.10. The highest BCUT2D eigenvalue weighted by Crippen LogP contribution is 2.30. The van der Waals surface area contributed by atoms with Crippen LogP contribution in [0.2, 0.25) is 0 Å². The zero-order chi connectivity index (χ0) is 20.8. The van der Waals surface area contributed by atoms with Crippen molar-refractivity contribution in [1.29, 1.82) is 0 Å². The number of carbonyl (C=O) groups is 2. The van der Waals surface area contributed by atoms with E-state index < -0.39 is 12.5 Å². The molecule has 0 aromatic heterocycles. The lowest BCUT2D eigenvalue weighted by molar-refractivity contribution is -0.111. The number of benzene rings is 2. The van der Waals surface area contributed by atoms with Crippen molar-refractivity contribution in [2.45, 2.75) is 25.5 Å². The Balaban J connectivity index is 1.68. The topological polar surface area (TPSA) is 76.7 Å². The molecule has 0 heterocycles. The standard InChI is InChI=1S/C21H20F2N2O4/c1-28-18-12-13(6-10-17(18)29-21(22)23)7-11-19(26)25-16-5-3-2-4-15(16)20(27)24-14-8-9-14/h2-7,10-12,14,21H,8-9H2,1H3,(H,24,27)(H,25,26)/b11-7+. The number of hydrogen-bond donors (Lipinski definition) is 2. The normalized spacial score (nSPS) is 13.4. The Bertz CT molecular complexity index is 927. The van der Waals surface area contributed by atoms with Crippen LogP contribution in [0.4, 0.5) is 14.5 Å². The van der Waals surface area contributed by atoms with Gasteiger partial charge in [-0.2, -0.15) is 8.78 Å². The van der Waals surface area contributed by atoms with E-state index in [4.69, 9.17) is 4.74 Å². The molecule has 1 fully saturated rings. The van der Waals surface area contributed by atoms with E-state index in [1.807, 2.05) is 0 Å². The molecule has 1 saturated carbocycles. The van der Waals surface area contributed by atoms with Gasteiger partial charge < -0.3 is 20.1 Å². The number of nitrogens with one attached hydrogen (secondary N) is 2. The van der Waals surface area contributed by atoms with Gasteiger partial charge in [-0.25, -0.2) is 0 Å². The number of carbonyl (C=O) groups excluding carboxylic acids is 2. The first-order valence-electron chi connectivity index (χ1n) is 8.98. The third-order valence-corrected chi connectivity index (χ3v) is 4.17. The molecule has 1 aliphatic rings. The second-order valence-corrected chi connectivity index (χ2v) is 6.40. The smallest absolute Gasteiger partial charge is 0.387 e. The predicted octanol–water partition coefficient (Wildman–Crippen LogP) is 3.84. The molecule has 0 saturated heterocycles. The molecule has 29 heavy (non-hydrogen) atoms. The number of hydrogen-bond acceptors (Lipinski definition) is 4. The van der Waals surface area contributed by atoms with Crippen molar-refractivity contribution < 1.29 is 27.8 Å². The first kappa shape index (κ1) is 20.3. The van der Waals surface area contributed by atoms with Gasteiger partial charge in [0.05, 0.1) is 18.4 Å². The third-order valence-electron chi connectivity index (χ3n) is 4.17. The Labute approximate surface area is 166 Å². The molecular weight excluding hydrogens is 382 g/mol. The van der Waals surface area contributed by atoms with Gasteiger partial charge in [0.2, 0.25) is 5.91 Å². The monoisotopic (exact) mass is 402 g/mol. The van der Waals surface area contributed by atoms with Crippen molar-refractivity contribution >= 4 is 23.6 Å². The van der Waals surface area contributed by atoms with Crippen LogP contribution in [0.15, 0.2) is 48.5 Å². The molecule has 2 aromatic rings. The molecule has 0 aliphatic heterocycles. The summed E-state index contributed by atoms with van der Waals surface area (Å²) in [6, 6.07) is 11.3. The maximum Gasteiger partial charge on any atom is 0.387 e. The van der Waals surface area contributed by atoms with Crippen molar-refractivity contribution in [3.8, 4) is 11.5 Å². The largest absolute Gasteiger partial charge is 0.493 e. The zero-order valence-corrected chi connectivity index (χ0v) is 15.7. The molecule has 1 aliphatic carbocycles. The molecule has 2 N–H and O–H groups in total. The molecule has 0 bridgehead atoms. The molecule has 6 nitrogen and oxygen atoms in total.